The number of aromatic amines is 1. The lowest BCUT2D eigenvalue weighted by atomic mass is 10.00. The molecule has 32 heavy (non-hydrogen) atoms. The number of ether oxygens (including phenoxy) is 1. The zero-order chi connectivity index (χ0) is 22.3. The van der Waals surface area contributed by atoms with Crippen molar-refractivity contribution in [1.82, 2.24) is 9.88 Å². The number of hydrogen-bond acceptors (Lipinski definition) is 4. The van der Waals surface area contributed by atoms with Crippen LogP contribution in [0.5, 0.6) is 5.75 Å². The lowest BCUT2D eigenvalue weighted by molar-refractivity contribution is 0.212. The van der Waals surface area contributed by atoms with E-state index in [1.54, 1.807) is 26.4 Å². The van der Waals surface area contributed by atoms with Gasteiger partial charge in [-0.05, 0) is 73.7 Å². The van der Waals surface area contributed by atoms with Crippen molar-refractivity contribution in [3.05, 3.63) is 77.3 Å². The molecule has 1 aliphatic rings. The molecule has 0 saturated carbocycles. The van der Waals surface area contributed by atoms with E-state index in [0.29, 0.717) is 0 Å². The van der Waals surface area contributed by atoms with Gasteiger partial charge >= 0.3 is 0 Å². The van der Waals surface area contributed by atoms with E-state index in [1.165, 1.54) is 28.7 Å². The van der Waals surface area contributed by atoms with Crippen LogP contribution in [-0.2, 0) is 11.3 Å². The van der Waals surface area contributed by atoms with Gasteiger partial charge in [0, 0.05) is 30.2 Å². The van der Waals surface area contributed by atoms with Gasteiger partial charge in [0.05, 0.1) is 12.8 Å². The molecule has 0 spiro atoms. The molecular weight excluding hydrogens is 405 g/mol. The third-order valence-corrected chi connectivity index (χ3v) is 5.96. The lowest BCUT2D eigenvalue weighted by Gasteiger charge is -2.27. The van der Waals surface area contributed by atoms with Gasteiger partial charge in [-0.25, -0.2) is 4.39 Å². The topological polar surface area (TPSA) is 49.8 Å². The maximum Gasteiger partial charge on any atom is 0.123 e. The Morgan fingerprint density at radius 3 is 2.78 bits per heavy atom. The molecule has 6 heteroatoms. The molecule has 0 aliphatic carbocycles. The number of nitrogens with one attached hydrogen (secondary N) is 1. The monoisotopic (exact) mass is 435 g/mol. The molecule has 0 bridgehead atoms. The van der Waals surface area contributed by atoms with E-state index in [2.05, 4.69) is 39.4 Å². The number of fused-ring (bicyclic) bond motifs is 1. The summed E-state index contributed by atoms with van der Waals surface area (Å²) in [5, 5.41) is 5.39. The summed E-state index contributed by atoms with van der Waals surface area (Å²) in [6.07, 6.45) is 8.26. The van der Waals surface area contributed by atoms with Crippen molar-refractivity contribution in [1.29, 1.82) is 0 Å². The molecule has 1 aliphatic heterocycles. The van der Waals surface area contributed by atoms with E-state index >= 15 is 0 Å². The molecule has 0 radical (unpaired) electrons. The fraction of sp³-hybridized carbons (Fsp3) is 0.346. The first-order chi connectivity index (χ1) is 15.7. The minimum atomic E-state index is -0.244. The van der Waals surface area contributed by atoms with E-state index in [4.69, 9.17) is 9.57 Å². The maximum absolute atomic E-state index is 13.2. The molecule has 0 amide bonds. The zero-order valence-electron chi connectivity index (χ0n) is 18.7. The first kappa shape index (κ1) is 22.1. The summed E-state index contributed by atoms with van der Waals surface area (Å²) < 4.78 is 18.6. The number of nitrogens with zero attached hydrogens (tertiary/aromatic N) is 2. The van der Waals surface area contributed by atoms with Gasteiger partial charge in [0.1, 0.15) is 18.7 Å². The second kappa shape index (κ2) is 10.5. The standard InChI is InChI=1S/C26H30FN3O2/c1-31-23-11-12-26-24(16-23)21(17-28-26)15-19-5-3-13-30(18-19)14-4-6-25(29-32-2)20-7-9-22(27)10-8-20/h5,7-12,16-17,28H,3-4,6,13-15,18H2,1-2H3. The molecule has 1 aromatic heterocycles. The number of hydrogen-bond donors (Lipinski definition) is 1. The molecule has 0 unspecified atom stereocenters. The minimum absolute atomic E-state index is 0.244. The van der Waals surface area contributed by atoms with E-state index in [-0.39, 0.29) is 5.82 Å². The molecule has 5 nitrogen and oxygen atoms in total. The Morgan fingerprint density at radius 1 is 1.16 bits per heavy atom. The number of benzene rings is 2. The Morgan fingerprint density at radius 2 is 2.00 bits per heavy atom. The summed E-state index contributed by atoms with van der Waals surface area (Å²) in [6, 6.07) is 12.6. The van der Waals surface area contributed by atoms with E-state index < -0.39 is 0 Å². The van der Waals surface area contributed by atoms with Crippen molar-refractivity contribution >= 4 is 16.6 Å². The SMILES string of the molecule is CON=C(CCCN1CCC=C(Cc2c[nH]c3ccc(OC)cc23)C1)c1ccc(F)cc1. The van der Waals surface area contributed by atoms with Gasteiger partial charge in [-0.1, -0.05) is 28.9 Å². The molecule has 4 rings (SSSR count). The van der Waals surface area contributed by atoms with Gasteiger partial charge in [0.15, 0.2) is 0 Å². The highest BCUT2D eigenvalue weighted by atomic mass is 19.1. The third kappa shape index (κ3) is 5.37. The van der Waals surface area contributed by atoms with Crippen molar-refractivity contribution in [3.63, 3.8) is 0 Å². The summed E-state index contributed by atoms with van der Waals surface area (Å²) in [7, 11) is 3.25. The van der Waals surface area contributed by atoms with Gasteiger partial charge in [-0.2, -0.15) is 0 Å². The number of oxime groups is 1. The summed E-state index contributed by atoms with van der Waals surface area (Å²) in [4.78, 5) is 10.9. The predicted molar refractivity (Wildman–Crippen MR) is 127 cm³/mol. The van der Waals surface area contributed by atoms with Crippen LogP contribution in [0.25, 0.3) is 10.9 Å². The van der Waals surface area contributed by atoms with E-state index in [0.717, 1.165) is 67.9 Å². The summed E-state index contributed by atoms with van der Waals surface area (Å²) in [5.41, 5.74) is 5.65. The van der Waals surface area contributed by atoms with Crippen molar-refractivity contribution in [2.45, 2.75) is 25.7 Å². The van der Waals surface area contributed by atoms with Crippen LogP contribution in [0.4, 0.5) is 4.39 Å². The van der Waals surface area contributed by atoms with Crippen LogP contribution in [0, 0.1) is 5.82 Å². The average Bonchev–Trinajstić information content (AvgIpc) is 3.21. The van der Waals surface area contributed by atoms with Crippen molar-refractivity contribution < 1.29 is 14.0 Å². The largest absolute Gasteiger partial charge is 0.497 e. The van der Waals surface area contributed by atoms with Crippen LogP contribution >= 0.6 is 0 Å². The highest BCUT2D eigenvalue weighted by Crippen LogP contribution is 2.26. The lowest BCUT2D eigenvalue weighted by Crippen LogP contribution is -2.31. The first-order valence-corrected chi connectivity index (χ1v) is 11.1. The Kier molecular flexibility index (Phi) is 7.22. The maximum atomic E-state index is 13.2. The van der Waals surface area contributed by atoms with Gasteiger partial charge in [0.2, 0.25) is 0 Å². The van der Waals surface area contributed by atoms with Crippen molar-refractivity contribution in [2.24, 2.45) is 5.16 Å². The van der Waals surface area contributed by atoms with Crippen LogP contribution in [-0.4, -0.2) is 49.4 Å². The normalized spacial score (nSPS) is 15.1. The predicted octanol–water partition coefficient (Wildman–Crippen LogP) is 5.32. The van der Waals surface area contributed by atoms with Gasteiger partial charge < -0.3 is 14.6 Å². The molecule has 168 valence electrons. The third-order valence-electron chi connectivity index (χ3n) is 5.96. The van der Waals surface area contributed by atoms with Gasteiger partial charge in [-0.3, -0.25) is 4.90 Å². The molecule has 0 fully saturated rings. The zero-order valence-corrected chi connectivity index (χ0v) is 18.7. The average molecular weight is 436 g/mol. The first-order valence-electron chi connectivity index (χ1n) is 11.1. The van der Waals surface area contributed by atoms with Gasteiger partial charge in [-0.15, -0.1) is 0 Å². The quantitative estimate of drug-likeness (QED) is 0.281. The molecule has 0 saturated heterocycles. The number of rotatable bonds is 9. The van der Waals surface area contributed by atoms with Crippen LogP contribution in [0.1, 0.15) is 30.4 Å². The summed E-state index contributed by atoms with van der Waals surface area (Å²) in [6.45, 7) is 3.03. The highest BCUT2D eigenvalue weighted by molar-refractivity contribution is 6.00. The molecule has 2 heterocycles. The van der Waals surface area contributed by atoms with Gasteiger partial charge in [0.25, 0.3) is 0 Å². The van der Waals surface area contributed by atoms with Crippen LogP contribution in [0.2, 0.25) is 0 Å². The molecule has 1 N–H and O–H groups in total. The fourth-order valence-electron chi connectivity index (χ4n) is 4.34. The Hall–Kier alpha value is -3.12. The fourth-order valence-corrected chi connectivity index (χ4v) is 4.34. The van der Waals surface area contributed by atoms with Crippen LogP contribution in [0.15, 0.2) is 65.5 Å². The second-order valence-electron chi connectivity index (χ2n) is 8.16. The van der Waals surface area contributed by atoms with Crippen molar-refractivity contribution in [2.75, 3.05) is 33.9 Å². The molecule has 2 aromatic carbocycles. The Bertz CT molecular complexity index is 1100. The summed E-state index contributed by atoms with van der Waals surface area (Å²) in [5.74, 6) is 0.638. The molecule has 3 aromatic rings. The van der Waals surface area contributed by atoms with E-state index in [1.807, 2.05) is 6.07 Å². The van der Waals surface area contributed by atoms with Crippen LogP contribution in [0.3, 0.4) is 0 Å². The summed E-state index contributed by atoms with van der Waals surface area (Å²) >= 11 is 0. The minimum Gasteiger partial charge on any atom is -0.497 e. The van der Waals surface area contributed by atoms with Crippen LogP contribution < -0.4 is 4.74 Å². The number of halogens is 1. The molecule has 0 atom stereocenters. The van der Waals surface area contributed by atoms with E-state index in [9.17, 15) is 4.39 Å². The molecular formula is C26H30FN3O2. The Labute approximate surface area is 188 Å². The second-order valence-corrected chi connectivity index (χ2v) is 8.16. The number of H-pyrrole nitrogens is 1. The number of methoxy groups -OCH3 is 1. The smallest absolute Gasteiger partial charge is 0.123 e. The van der Waals surface area contributed by atoms with Crippen molar-refractivity contribution in [3.8, 4) is 5.75 Å². The highest BCUT2D eigenvalue weighted by Gasteiger charge is 2.15. The Balaban J connectivity index is 1.33. The number of aromatic nitrogens is 1.